The predicted molar refractivity (Wildman–Crippen MR) is 106 cm³/mol. The number of hydrogen-bond acceptors (Lipinski definition) is 5. The summed E-state index contributed by atoms with van der Waals surface area (Å²) in [4.78, 5) is 2.71. The van der Waals surface area contributed by atoms with Crippen LogP contribution >= 0.6 is 0 Å². The van der Waals surface area contributed by atoms with Gasteiger partial charge >= 0.3 is 0 Å². The molecule has 5 nitrogen and oxygen atoms in total. The molecule has 0 radical (unpaired) electrons. The van der Waals surface area contributed by atoms with E-state index in [9.17, 15) is 8.42 Å². The fourth-order valence-electron chi connectivity index (χ4n) is 4.54. The van der Waals surface area contributed by atoms with Crippen LogP contribution in [0.2, 0.25) is 0 Å². The Balaban J connectivity index is 1.47. The summed E-state index contributed by atoms with van der Waals surface area (Å²) in [5, 5.41) is -0.378. The van der Waals surface area contributed by atoms with Crippen LogP contribution < -0.4 is 4.74 Å². The van der Waals surface area contributed by atoms with Crippen molar-refractivity contribution < 1.29 is 17.6 Å². The molecule has 2 atom stereocenters. The maximum Gasteiger partial charge on any atom is 0.183 e. The van der Waals surface area contributed by atoms with Crippen molar-refractivity contribution in [3.63, 3.8) is 0 Å². The van der Waals surface area contributed by atoms with E-state index in [1.807, 2.05) is 42.5 Å². The van der Waals surface area contributed by atoms with E-state index >= 15 is 0 Å². The predicted octanol–water partition coefficient (Wildman–Crippen LogP) is 3.71. The molecular formula is C22H21NO4S. The maximum absolute atomic E-state index is 13.1. The van der Waals surface area contributed by atoms with E-state index in [-0.39, 0.29) is 11.2 Å². The third-order valence-electron chi connectivity index (χ3n) is 5.90. The minimum atomic E-state index is -3.31. The van der Waals surface area contributed by atoms with Crippen LogP contribution in [0.3, 0.4) is 0 Å². The number of nitrogens with zero attached hydrogens (tertiary/aromatic N) is 1. The van der Waals surface area contributed by atoms with Gasteiger partial charge in [0, 0.05) is 36.7 Å². The van der Waals surface area contributed by atoms with Crippen LogP contribution in [0.25, 0.3) is 11.1 Å². The topological polar surface area (TPSA) is 59.8 Å². The van der Waals surface area contributed by atoms with Gasteiger partial charge in [0.25, 0.3) is 0 Å². The zero-order valence-electron chi connectivity index (χ0n) is 15.5. The number of sulfone groups is 1. The van der Waals surface area contributed by atoms with Crippen molar-refractivity contribution in [3.8, 4) is 16.9 Å². The summed E-state index contributed by atoms with van der Waals surface area (Å²) in [6.07, 6.45) is 3.32. The Morgan fingerprint density at radius 3 is 2.75 bits per heavy atom. The molecule has 0 bridgehead atoms. The van der Waals surface area contributed by atoms with Gasteiger partial charge in [0.2, 0.25) is 0 Å². The van der Waals surface area contributed by atoms with E-state index < -0.39 is 9.84 Å². The van der Waals surface area contributed by atoms with Crippen molar-refractivity contribution in [3.05, 3.63) is 72.2 Å². The lowest BCUT2D eigenvalue weighted by molar-refractivity contribution is 0.316. The van der Waals surface area contributed by atoms with Crippen molar-refractivity contribution in [2.75, 3.05) is 20.2 Å². The number of ether oxygens (including phenoxy) is 1. The van der Waals surface area contributed by atoms with Gasteiger partial charge in [-0.2, -0.15) is 0 Å². The van der Waals surface area contributed by atoms with Gasteiger partial charge in [-0.15, -0.1) is 0 Å². The van der Waals surface area contributed by atoms with E-state index in [1.54, 1.807) is 25.7 Å². The first kappa shape index (κ1) is 17.5. The highest BCUT2D eigenvalue weighted by atomic mass is 32.2. The SMILES string of the molecule is COc1ccccc1CN1C[C@@H]2c3cc(-c4ccoc4)ccc3S(=O)(=O)[C@H]2C1. The summed E-state index contributed by atoms with van der Waals surface area (Å²) in [6, 6.07) is 15.4. The summed E-state index contributed by atoms with van der Waals surface area (Å²) >= 11 is 0. The van der Waals surface area contributed by atoms with Crippen LogP contribution in [0, 0.1) is 0 Å². The lowest BCUT2D eigenvalue weighted by Crippen LogP contribution is -2.26. The van der Waals surface area contributed by atoms with Gasteiger partial charge in [-0.25, -0.2) is 8.42 Å². The van der Waals surface area contributed by atoms with Crippen LogP contribution in [0.5, 0.6) is 5.75 Å². The molecule has 2 aliphatic heterocycles. The van der Waals surface area contributed by atoms with E-state index in [0.29, 0.717) is 18.0 Å². The van der Waals surface area contributed by atoms with Crippen molar-refractivity contribution in [1.82, 2.24) is 4.90 Å². The fraction of sp³-hybridized carbons (Fsp3) is 0.273. The van der Waals surface area contributed by atoms with Crippen LogP contribution in [-0.4, -0.2) is 38.8 Å². The van der Waals surface area contributed by atoms with Crippen LogP contribution in [-0.2, 0) is 16.4 Å². The van der Waals surface area contributed by atoms with E-state index in [1.165, 1.54) is 0 Å². The molecule has 1 aromatic heterocycles. The van der Waals surface area contributed by atoms with Gasteiger partial charge in [0.1, 0.15) is 5.75 Å². The van der Waals surface area contributed by atoms with Gasteiger partial charge in [-0.3, -0.25) is 4.90 Å². The lowest BCUT2D eigenvalue weighted by Gasteiger charge is -2.19. The quantitative estimate of drug-likeness (QED) is 0.674. The Morgan fingerprint density at radius 1 is 1.11 bits per heavy atom. The van der Waals surface area contributed by atoms with Crippen LogP contribution in [0.1, 0.15) is 17.0 Å². The monoisotopic (exact) mass is 395 g/mol. The summed E-state index contributed by atoms with van der Waals surface area (Å²) in [7, 11) is -1.64. The average molecular weight is 395 g/mol. The average Bonchev–Trinajstić information content (AvgIpc) is 3.41. The molecule has 1 fully saturated rings. The summed E-state index contributed by atoms with van der Waals surface area (Å²) in [5.41, 5.74) is 3.97. The molecule has 6 heteroatoms. The van der Waals surface area contributed by atoms with Crippen LogP contribution in [0.4, 0.5) is 0 Å². The van der Waals surface area contributed by atoms with Gasteiger partial charge in [-0.1, -0.05) is 24.3 Å². The molecule has 3 heterocycles. The lowest BCUT2D eigenvalue weighted by atomic mass is 9.95. The molecule has 5 rings (SSSR count). The Bertz CT molecular complexity index is 1120. The highest BCUT2D eigenvalue weighted by molar-refractivity contribution is 7.92. The molecule has 2 aliphatic rings. The van der Waals surface area contributed by atoms with Crippen molar-refractivity contribution >= 4 is 9.84 Å². The third kappa shape index (κ3) is 2.67. The Morgan fingerprint density at radius 2 is 1.96 bits per heavy atom. The number of hydrogen-bond donors (Lipinski definition) is 0. The molecule has 0 amide bonds. The van der Waals surface area contributed by atoms with E-state index in [4.69, 9.17) is 9.15 Å². The Labute approximate surface area is 164 Å². The number of methoxy groups -OCH3 is 1. The normalized spacial score (nSPS) is 22.8. The first-order valence-electron chi connectivity index (χ1n) is 9.32. The summed E-state index contributed by atoms with van der Waals surface area (Å²) in [5.74, 6) is 0.839. The zero-order chi connectivity index (χ0) is 19.3. The molecule has 28 heavy (non-hydrogen) atoms. The number of furan rings is 1. The number of rotatable bonds is 4. The highest BCUT2D eigenvalue weighted by Crippen LogP contribution is 2.46. The summed E-state index contributed by atoms with van der Waals surface area (Å²) in [6.45, 7) is 1.95. The van der Waals surface area contributed by atoms with Gasteiger partial charge in [0.05, 0.1) is 29.8 Å². The third-order valence-corrected chi connectivity index (χ3v) is 8.16. The van der Waals surface area contributed by atoms with E-state index in [0.717, 1.165) is 34.5 Å². The first-order chi connectivity index (χ1) is 13.6. The second-order valence-corrected chi connectivity index (χ2v) is 9.60. The first-order valence-corrected chi connectivity index (χ1v) is 10.9. The van der Waals surface area contributed by atoms with Crippen molar-refractivity contribution in [1.29, 1.82) is 0 Å². The molecule has 144 valence electrons. The van der Waals surface area contributed by atoms with Gasteiger partial charge in [0.15, 0.2) is 9.84 Å². The molecule has 0 saturated carbocycles. The maximum atomic E-state index is 13.1. The molecule has 3 aromatic rings. The smallest absolute Gasteiger partial charge is 0.183 e. The highest BCUT2D eigenvalue weighted by Gasteiger charge is 2.50. The molecule has 0 aliphatic carbocycles. The standard InChI is InChI=1S/C22H21NO4S/c1-26-20-5-3-2-4-16(20)11-23-12-19-18-10-15(17-8-9-27-14-17)6-7-21(18)28(24,25)22(19)13-23/h2-10,14,19,22H,11-13H2,1H3/t19-,22+/m1/s1. The number of likely N-dealkylation sites (tertiary alicyclic amines) is 1. The number of para-hydroxylation sites is 1. The molecule has 0 unspecified atom stereocenters. The van der Waals surface area contributed by atoms with Crippen LogP contribution in [0.15, 0.2) is 70.4 Å². The minimum absolute atomic E-state index is 0.00144. The molecule has 2 aromatic carbocycles. The Hall–Kier alpha value is -2.57. The number of fused-ring (bicyclic) bond motifs is 3. The molecule has 0 spiro atoms. The molecular weight excluding hydrogens is 374 g/mol. The van der Waals surface area contributed by atoms with E-state index in [2.05, 4.69) is 4.90 Å². The van der Waals surface area contributed by atoms with Crippen molar-refractivity contribution in [2.45, 2.75) is 22.6 Å². The summed E-state index contributed by atoms with van der Waals surface area (Å²) < 4.78 is 36.9. The Kier molecular flexibility index (Phi) is 4.07. The largest absolute Gasteiger partial charge is 0.496 e. The fourth-order valence-corrected chi connectivity index (χ4v) is 6.73. The minimum Gasteiger partial charge on any atom is -0.496 e. The number of benzene rings is 2. The van der Waals surface area contributed by atoms with Gasteiger partial charge < -0.3 is 9.15 Å². The van der Waals surface area contributed by atoms with Crippen molar-refractivity contribution in [2.24, 2.45) is 0 Å². The molecule has 1 saturated heterocycles. The second-order valence-electron chi connectivity index (χ2n) is 7.46. The van der Waals surface area contributed by atoms with Gasteiger partial charge in [-0.05, 0) is 35.4 Å². The zero-order valence-corrected chi connectivity index (χ0v) is 16.4. The molecule has 0 N–H and O–H groups in total. The second kappa shape index (κ2) is 6.50.